The first kappa shape index (κ1) is 31.6. The summed E-state index contributed by atoms with van der Waals surface area (Å²) in [6.45, 7) is 6.96. The number of hydrogen-bond acceptors (Lipinski definition) is 3. The fourth-order valence-electron chi connectivity index (χ4n) is 3.68. The van der Waals surface area contributed by atoms with Crippen LogP contribution in [-0.2, 0) is 0 Å². The van der Waals surface area contributed by atoms with Crippen molar-refractivity contribution in [1.29, 1.82) is 0 Å². The molecule has 0 aliphatic rings. The lowest BCUT2D eigenvalue weighted by Gasteiger charge is -2.18. The zero-order valence-corrected chi connectivity index (χ0v) is 21.1. The van der Waals surface area contributed by atoms with Crippen molar-refractivity contribution in [3.05, 3.63) is 0 Å². The maximum absolute atomic E-state index is 7.17. The lowest BCUT2D eigenvalue weighted by atomic mass is 10.1. The number of hydrogen-bond donors (Lipinski definition) is 3. The molecule has 5 heteroatoms. The van der Waals surface area contributed by atoms with Crippen LogP contribution in [0.15, 0.2) is 0 Å². The molecule has 0 rings (SSSR count). The van der Waals surface area contributed by atoms with E-state index in [4.69, 9.17) is 15.1 Å². The summed E-state index contributed by atoms with van der Waals surface area (Å²) in [7, 11) is -1.80. The average Bonchev–Trinajstić information content (AvgIpc) is 2.68. The first-order chi connectivity index (χ1) is 14.1. The molecule has 3 N–H and O–H groups in total. The highest BCUT2D eigenvalue weighted by atomic mass is 31.1. The molecule has 3 nitrogen and oxygen atoms in total. The average molecular weight is 432 g/mol. The zero-order valence-electron chi connectivity index (χ0n) is 20.2. The van der Waals surface area contributed by atoms with Crippen molar-refractivity contribution >= 4 is 15.2 Å². The Morgan fingerprint density at radius 3 is 0.862 bits per heavy atom. The van der Waals surface area contributed by atoms with Gasteiger partial charge in [-0.1, -0.05) is 117 Å². The first-order valence-electron chi connectivity index (χ1n) is 12.8. The topological polar surface area (TPSA) is 60.7 Å². The molecule has 0 atom stereocenters. The lowest BCUT2D eigenvalue weighted by molar-refractivity contribution is 0.278. The molecule has 0 aliphatic carbocycles. The Kier molecular flexibility index (Phi) is 30.9. The number of rotatable bonds is 21. The maximum atomic E-state index is 7.17. The minimum absolute atomic E-state index is 0.366. The van der Waals surface area contributed by atoms with Crippen LogP contribution in [0.5, 0.6) is 0 Å². The van der Waals surface area contributed by atoms with Gasteiger partial charge in [-0.15, -0.1) is 7.92 Å². The van der Waals surface area contributed by atoms with Crippen LogP contribution in [0.1, 0.15) is 136 Å². The van der Waals surface area contributed by atoms with Gasteiger partial charge in [0, 0.05) is 0 Å². The molecule has 0 fully saturated rings. The van der Waals surface area contributed by atoms with Gasteiger partial charge in [-0.2, -0.15) is 0 Å². The molecule has 29 heavy (non-hydrogen) atoms. The van der Waals surface area contributed by atoms with Crippen molar-refractivity contribution in [2.75, 3.05) is 18.5 Å². The Balaban J connectivity index is 0. The van der Waals surface area contributed by atoms with Crippen molar-refractivity contribution in [3.63, 3.8) is 0 Å². The predicted octanol–water partition coefficient (Wildman–Crippen LogP) is 7.50. The second-order valence-corrected chi connectivity index (χ2v) is 11.2. The van der Waals surface area contributed by atoms with E-state index in [-0.39, 0.29) is 0 Å². The Morgan fingerprint density at radius 2 is 0.621 bits per heavy atom. The van der Waals surface area contributed by atoms with Crippen LogP contribution in [0, 0.1) is 0 Å². The van der Waals surface area contributed by atoms with Crippen LogP contribution in [0.2, 0.25) is 0 Å². The third-order valence-electron chi connectivity index (χ3n) is 5.48. The van der Waals surface area contributed by atoms with E-state index in [1.807, 2.05) is 0 Å². The van der Waals surface area contributed by atoms with Gasteiger partial charge in [-0.05, 0) is 37.7 Å². The smallest absolute Gasteiger partial charge is 0.402 e. The van der Waals surface area contributed by atoms with Gasteiger partial charge in [0.25, 0.3) is 0 Å². The van der Waals surface area contributed by atoms with Gasteiger partial charge in [0.1, 0.15) is 0 Å². The van der Waals surface area contributed by atoms with E-state index >= 15 is 0 Å². The van der Waals surface area contributed by atoms with E-state index in [1.165, 1.54) is 116 Å². The van der Waals surface area contributed by atoms with Crippen LogP contribution < -0.4 is 0 Å². The highest BCUT2D eigenvalue weighted by molar-refractivity contribution is 7.57. The molecular weight excluding hydrogens is 378 g/mol. The molecule has 0 bridgehead atoms. The van der Waals surface area contributed by atoms with Gasteiger partial charge in [-0.3, -0.25) is 0 Å². The van der Waals surface area contributed by atoms with Crippen molar-refractivity contribution in [2.24, 2.45) is 0 Å². The first-order valence-corrected chi connectivity index (χ1v) is 14.7. The summed E-state index contributed by atoms with van der Waals surface area (Å²) < 4.78 is 0. The minimum Gasteiger partial charge on any atom is -0.402 e. The third kappa shape index (κ3) is 33.2. The molecule has 0 saturated heterocycles. The Hall–Kier alpha value is 0.375. The van der Waals surface area contributed by atoms with E-state index in [2.05, 4.69) is 20.8 Å². The normalized spacial score (nSPS) is 10.9. The summed E-state index contributed by atoms with van der Waals surface area (Å²) in [4.78, 5) is 0. The molecule has 0 saturated carbocycles. The second-order valence-electron chi connectivity index (χ2n) is 8.49. The minimum atomic E-state index is -2.17. The fraction of sp³-hybridized carbons (Fsp3) is 1.00. The summed E-state index contributed by atoms with van der Waals surface area (Å²) in [5.41, 5.74) is 0. The van der Waals surface area contributed by atoms with E-state index in [0.717, 1.165) is 0 Å². The molecule has 0 aromatic rings. The van der Waals surface area contributed by atoms with Crippen molar-refractivity contribution in [3.8, 4) is 0 Å². The summed E-state index contributed by atoms with van der Waals surface area (Å²) in [6.07, 6.45) is 31.2. The molecule has 0 aromatic carbocycles. The summed E-state index contributed by atoms with van der Waals surface area (Å²) in [5, 5.41) is 21.5. The summed E-state index contributed by atoms with van der Waals surface area (Å²) >= 11 is 0. The standard InChI is InChI=1S/C24H51P.BH3O3/c1-4-7-10-13-16-19-22-25(23-20-17-14-11-8-5-2)24-21-18-15-12-9-6-3;2-1(3)4/h4-24H2,1-3H3;2-4H. The molecule has 0 amide bonds. The van der Waals surface area contributed by atoms with Gasteiger partial charge in [0.15, 0.2) is 0 Å². The quantitative estimate of drug-likeness (QED) is 0.1000. The molecule has 0 aliphatic heterocycles. The van der Waals surface area contributed by atoms with E-state index in [1.54, 1.807) is 18.5 Å². The predicted molar refractivity (Wildman–Crippen MR) is 134 cm³/mol. The van der Waals surface area contributed by atoms with Gasteiger partial charge in [0.2, 0.25) is 0 Å². The molecular formula is C24H54BO3P. The largest absolute Gasteiger partial charge is 0.631 e. The van der Waals surface area contributed by atoms with Crippen LogP contribution in [0.25, 0.3) is 0 Å². The summed E-state index contributed by atoms with van der Waals surface area (Å²) in [6, 6.07) is 0. The number of unbranched alkanes of at least 4 members (excludes halogenated alkanes) is 15. The molecule has 0 unspecified atom stereocenters. The van der Waals surface area contributed by atoms with Crippen molar-refractivity contribution < 1.29 is 15.1 Å². The van der Waals surface area contributed by atoms with Gasteiger partial charge in [0.05, 0.1) is 0 Å². The molecule has 0 aromatic heterocycles. The fourth-order valence-corrected chi connectivity index (χ4v) is 6.37. The van der Waals surface area contributed by atoms with Crippen molar-refractivity contribution in [1.82, 2.24) is 0 Å². The highest BCUT2D eigenvalue weighted by Gasteiger charge is 2.07. The van der Waals surface area contributed by atoms with Crippen LogP contribution >= 0.6 is 7.92 Å². The Morgan fingerprint density at radius 1 is 0.414 bits per heavy atom. The van der Waals surface area contributed by atoms with E-state index < -0.39 is 7.32 Å². The second kappa shape index (κ2) is 28.4. The Labute approximate surface area is 185 Å². The molecule has 0 radical (unpaired) electrons. The molecule has 176 valence electrons. The van der Waals surface area contributed by atoms with Crippen molar-refractivity contribution in [2.45, 2.75) is 136 Å². The van der Waals surface area contributed by atoms with Crippen LogP contribution in [0.4, 0.5) is 0 Å². The lowest BCUT2D eigenvalue weighted by Crippen LogP contribution is -2.07. The van der Waals surface area contributed by atoms with Gasteiger partial charge >= 0.3 is 7.32 Å². The van der Waals surface area contributed by atoms with Crippen LogP contribution in [0.3, 0.4) is 0 Å². The van der Waals surface area contributed by atoms with E-state index in [0.29, 0.717) is 7.92 Å². The van der Waals surface area contributed by atoms with E-state index in [9.17, 15) is 0 Å². The van der Waals surface area contributed by atoms with Crippen LogP contribution in [-0.4, -0.2) is 40.9 Å². The zero-order chi connectivity index (χ0) is 22.0. The third-order valence-corrected chi connectivity index (χ3v) is 8.33. The molecule has 0 spiro atoms. The van der Waals surface area contributed by atoms with Gasteiger partial charge < -0.3 is 15.1 Å². The Bertz CT molecular complexity index is 240. The highest BCUT2D eigenvalue weighted by Crippen LogP contribution is 2.39. The SMILES string of the molecule is CCCCCCCCP(CCCCCCCC)CCCCCCCC.OB(O)O. The molecule has 0 heterocycles. The maximum Gasteiger partial charge on any atom is 0.631 e. The summed E-state index contributed by atoms with van der Waals surface area (Å²) in [5.74, 6) is 0. The van der Waals surface area contributed by atoms with Gasteiger partial charge in [-0.25, -0.2) is 0 Å². The monoisotopic (exact) mass is 432 g/mol.